The number of nitrogens with one attached hydrogen (secondary N) is 2. The minimum absolute atomic E-state index is 0.0485. The molecule has 0 fully saturated rings. The normalized spacial score (nSPS) is 11.7. The van der Waals surface area contributed by atoms with E-state index in [1.165, 1.54) is 17.7 Å². The molecule has 9 heteroatoms. The van der Waals surface area contributed by atoms with Crippen LogP contribution in [0.5, 0.6) is 0 Å². The number of aromatic amines is 1. The summed E-state index contributed by atoms with van der Waals surface area (Å²) in [5.41, 5.74) is 3.22. The maximum absolute atomic E-state index is 13.1. The highest BCUT2D eigenvalue weighted by molar-refractivity contribution is 6.01. The number of pyridine rings is 3. The molecule has 0 saturated carbocycles. The zero-order valence-electron chi connectivity index (χ0n) is 20.3. The van der Waals surface area contributed by atoms with Gasteiger partial charge in [0.25, 0.3) is 5.56 Å². The van der Waals surface area contributed by atoms with Crippen molar-refractivity contribution in [3.05, 3.63) is 87.3 Å². The summed E-state index contributed by atoms with van der Waals surface area (Å²) in [6, 6.07) is 14.7. The minimum Gasteiger partial charge on any atom is -0.311 e. The van der Waals surface area contributed by atoms with E-state index in [1.807, 2.05) is 24.3 Å². The van der Waals surface area contributed by atoms with Crippen LogP contribution in [-0.4, -0.2) is 30.4 Å². The standard InChI is InChI=1S/C27H24N6O3/c1-15(34)30-22-12-5-16(13-29-22)20-10-11-21-23(31-20)24-19(14-28-21)25(35)32-26(36)33(24)18-8-6-17(7-9-18)27(2,3)4/h5-14H,1-4H3,(H,29,30,34)(H,32,35,36). The maximum atomic E-state index is 13.1. The van der Waals surface area contributed by atoms with Gasteiger partial charge < -0.3 is 5.32 Å². The van der Waals surface area contributed by atoms with E-state index in [1.54, 1.807) is 30.5 Å². The van der Waals surface area contributed by atoms with Gasteiger partial charge in [-0.05, 0) is 47.4 Å². The van der Waals surface area contributed by atoms with E-state index in [0.717, 1.165) is 5.56 Å². The van der Waals surface area contributed by atoms with Gasteiger partial charge in [-0.15, -0.1) is 0 Å². The topological polar surface area (TPSA) is 123 Å². The fraction of sp³-hybridized carbons (Fsp3) is 0.185. The summed E-state index contributed by atoms with van der Waals surface area (Å²) in [5, 5.41) is 2.89. The molecule has 0 saturated heterocycles. The Hall–Kier alpha value is -4.66. The predicted octanol–water partition coefficient (Wildman–Crippen LogP) is 3.94. The Morgan fingerprint density at radius 3 is 2.33 bits per heavy atom. The van der Waals surface area contributed by atoms with Crippen LogP contribution in [0.2, 0.25) is 0 Å². The molecule has 36 heavy (non-hydrogen) atoms. The number of H-pyrrole nitrogens is 1. The Balaban J connectivity index is 1.74. The molecule has 0 aliphatic carbocycles. The van der Waals surface area contributed by atoms with Crippen LogP contribution >= 0.6 is 0 Å². The number of benzene rings is 1. The van der Waals surface area contributed by atoms with Crippen molar-refractivity contribution < 1.29 is 4.79 Å². The van der Waals surface area contributed by atoms with E-state index in [4.69, 9.17) is 4.98 Å². The first-order valence-electron chi connectivity index (χ1n) is 11.4. The minimum atomic E-state index is -0.558. The Kier molecular flexibility index (Phi) is 5.47. The van der Waals surface area contributed by atoms with Crippen molar-refractivity contribution in [2.75, 3.05) is 5.32 Å². The molecule has 0 spiro atoms. The molecule has 5 rings (SSSR count). The van der Waals surface area contributed by atoms with Crippen molar-refractivity contribution in [1.82, 2.24) is 24.5 Å². The van der Waals surface area contributed by atoms with Gasteiger partial charge in [0.1, 0.15) is 11.3 Å². The number of amides is 1. The molecule has 1 aromatic carbocycles. The van der Waals surface area contributed by atoms with E-state index in [2.05, 4.69) is 41.0 Å². The summed E-state index contributed by atoms with van der Waals surface area (Å²) >= 11 is 0. The fourth-order valence-corrected chi connectivity index (χ4v) is 4.08. The second-order valence-electron chi connectivity index (χ2n) is 9.59. The van der Waals surface area contributed by atoms with E-state index < -0.39 is 11.2 Å². The molecular formula is C27H24N6O3. The van der Waals surface area contributed by atoms with Crippen LogP contribution in [0.1, 0.15) is 33.3 Å². The third-order valence-corrected chi connectivity index (χ3v) is 5.93. The van der Waals surface area contributed by atoms with Crippen molar-refractivity contribution in [1.29, 1.82) is 0 Å². The number of fused-ring (bicyclic) bond motifs is 3. The van der Waals surface area contributed by atoms with Crippen molar-refractivity contribution in [2.45, 2.75) is 33.1 Å². The van der Waals surface area contributed by atoms with Crippen molar-refractivity contribution in [2.24, 2.45) is 0 Å². The average Bonchev–Trinajstić information content (AvgIpc) is 2.83. The number of carbonyl (C=O) groups is 1. The van der Waals surface area contributed by atoms with Gasteiger partial charge in [0, 0.05) is 24.9 Å². The molecule has 0 bridgehead atoms. The van der Waals surface area contributed by atoms with Gasteiger partial charge in [0.05, 0.1) is 27.8 Å². The Labute approximate surface area is 205 Å². The second kappa shape index (κ2) is 8.53. The zero-order chi connectivity index (χ0) is 25.6. The molecule has 0 atom stereocenters. The second-order valence-corrected chi connectivity index (χ2v) is 9.59. The molecule has 4 heterocycles. The predicted molar refractivity (Wildman–Crippen MR) is 139 cm³/mol. The Morgan fingerprint density at radius 2 is 1.69 bits per heavy atom. The maximum Gasteiger partial charge on any atom is 0.333 e. The van der Waals surface area contributed by atoms with Gasteiger partial charge in [-0.1, -0.05) is 32.9 Å². The fourth-order valence-electron chi connectivity index (χ4n) is 4.08. The van der Waals surface area contributed by atoms with Gasteiger partial charge in [-0.2, -0.15) is 0 Å². The molecule has 0 aliphatic rings. The lowest BCUT2D eigenvalue weighted by Gasteiger charge is -2.19. The average molecular weight is 481 g/mol. The quantitative estimate of drug-likeness (QED) is 0.377. The molecule has 0 unspecified atom stereocenters. The summed E-state index contributed by atoms with van der Waals surface area (Å²) in [6.45, 7) is 7.76. The molecule has 5 aromatic rings. The molecule has 2 N–H and O–H groups in total. The zero-order valence-corrected chi connectivity index (χ0v) is 20.3. The molecule has 9 nitrogen and oxygen atoms in total. The van der Waals surface area contributed by atoms with E-state index in [-0.39, 0.29) is 16.7 Å². The third-order valence-electron chi connectivity index (χ3n) is 5.93. The van der Waals surface area contributed by atoms with Crippen molar-refractivity contribution in [3.8, 4) is 16.9 Å². The van der Waals surface area contributed by atoms with Crippen molar-refractivity contribution >= 4 is 33.7 Å². The molecule has 0 radical (unpaired) electrons. The van der Waals surface area contributed by atoms with Crippen LogP contribution in [0, 0.1) is 0 Å². The largest absolute Gasteiger partial charge is 0.333 e. The highest BCUT2D eigenvalue weighted by Crippen LogP contribution is 2.27. The van der Waals surface area contributed by atoms with Gasteiger partial charge in [-0.3, -0.25) is 24.1 Å². The summed E-state index contributed by atoms with van der Waals surface area (Å²) in [5.74, 6) is 0.216. The molecule has 180 valence electrons. The van der Waals surface area contributed by atoms with Crippen LogP contribution in [0.4, 0.5) is 5.82 Å². The first-order valence-corrected chi connectivity index (χ1v) is 11.4. The van der Waals surface area contributed by atoms with Crippen molar-refractivity contribution in [3.63, 3.8) is 0 Å². The smallest absolute Gasteiger partial charge is 0.311 e. The van der Waals surface area contributed by atoms with Gasteiger partial charge in [-0.25, -0.2) is 14.8 Å². The van der Waals surface area contributed by atoms with Crippen LogP contribution in [0.15, 0.2) is 70.5 Å². The third kappa shape index (κ3) is 4.15. The summed E-state index contributed by atoms with van der Waals surface area (Å²) < 4.78 is 1.46. The summed E-state index contributed by atoms with van der Waals surface area (Å²) in [7, 11) is 0. The first-order chi connectivity index (χ1) is 17.1. The molecule has 0 aliphatic heterocycles. The van der Waals surface area contributed by atoms with Crippen LogP contribution in [-0.2, 0) is 10.2 Å². The highest BCUT2D eigenvalue weighted by atomic mass is 16.2. The van der Waals surface area contributed by atoms with Crippen LogP contribution < -0.4 is 16.6 Å². The number of anilines is 1. The number of carbonyl (C=O) groups excluding carboxylic acids is 1. The Morgan fingerprint density at radius 1 is 0.944 bits per heavy atom. The Bertz CT molecular complexity index is 1740. The number of nitrogens with zero attached hydrogens (tertiary/aromatic N) is 4. The first kappa shape index (κ1) is 23.1. The lowest BCUT2D eigenvalue weighted by Crippen LogP contribution is -2.29. The number of rotatable bonds is 3. The highest BCUT2D eigenvalue weighted by Gasteiger charge is 2.17. The number of hydrogen-bond acceptors (Lipinski definition) is 6. The number of hydrogen-bond donors (Lipinski definition) is 2. The van der Waals surface area contributed by atoms with Gasteiger partial charge in [0.2, 0.25) is 5.91 Å². The molecule has 4 aromatic heterocycles. The summed E-state index contributed by atoms with van der Waals surface area (Å²) in [4.78, 5) is 52.9. The monoisotopic (exact) mass is 480 g/mol. The summed E-state index contributed by atoms with van der Waals surface area (Å²) in [6.07, 6.45) is 3.06. The van der Waals surface area contributed by atoms with E-state index in [0.29, 0.717) is 39.3 Å². The van der Waals surface area contributed by atoms with Crippen LogP contribution in [0.3, 0.4) is 0 Å². The lowest BCUT2D eigenvalue weighted by molar-refractivity contribution is -0.114. The molecular weight excluding hydrogens is 456 g/mol. The van der Waals surface area contributed by atoms with Crippen LogP contribution in [0.25, 0.3) is 38.9 Å². The lowest BCUT2D eigenvalue weighted by atomic mass is 9.87. The van der Waals surface area contributed by atoms with Gasteiger partial charge in [0.15, 0.2) is 0 Å². The SMILES string of the molecule is CC(=O)Nc1ccc(-c2ccc3ncc4c(=O)[nH]c(=O)n(-c5ccc(C(C)(C)C)cc5)c4c3n2)cn1. The van der Waals surface area contributed by atoms with Gasteiger partial charge >= 0.3 is 5.69 Å². The van der Waals surface area contributed by atoms with E-state index in [9.17, 15) is 14.4 Å². The van der Waals surface area contributed by atoms with E-state index >= 15 is 0 Å². The molecule has 1 amide bonds. The number of aromatic nitrogens is 5.